The molecule has 1 N–H and O–H groups in total. The van der Waals surface area contributed by atoms with Crippen molar-refractivity contribution in [3.8, 4) is 0 Å². The van der Waals surface area contributed by atoms with E-state index in [0.29, 0.717) is 0 Å². The van der Waals surface area contributed by atoms with Crippen molar-refractivity contribution in [3.05, 3.63) is 29.3 Å². The van der Waals surface area contributed by atoms with Crippen LogP contribution in [0.2, 0.25) is 5.02 Å². The lowest BCUT2D eigenvalue weighted by Gasteiger charge is -2.40. The fourth-order valence-electron chi connectivity index (χ4n) is 2.52. The summed E-state index contributed by atoms with van der Waals surface area (Å²) in [5, 5.41) is 10.6. The van der Waals surface area contributed by atoms with Crippen LogP contribution >= 0.6 is 11.6 Å². The van der Waals surface area contributed by atoms with Gasteiger partial charge in [-0.15, -0.1) is 0 Å². The highest BCUT2D eigenvalue weighted by atomic mass is 35.5. The second-order valence-corrected chi connectivity index (χ2v) is 6.84. The molecule has 0 aromatic heterocycles. The van der Waals surface area contributed by atoms with Gasteiger partial charge in [-0.1, -0.05) is 25.4 Å². The maximum atomic E-state index is 9.82. The van der Waals surface area contributed by atoms with E-state index in [9.17, 15) is 5.11 Å². The maximum Gasteiger partial charge on any atom is 0.0575 e. The van der Waals surface area contributed by atoms with Crippen LogP contribution in [-0.4, -0.2) is 48.8 Å². The molecule has 1 unspecified atom stereocenters. The zero-order valence-corrected chi connectivity index (χ0v) is 13.4. The number of piperazine rings is 1. The van der Waals surface area contributed by atoms with Crippen LogP contribution in [0, 0.1) is 5.41 Å². The van der Waals surface area contributed by atoms with Gasteiger partial charge in [-0.3, -0.25) is 4.90 Å². The Morgan fingerprint density at radius 2 is 1.70 bits per heavy atom. The van der Waals surface area contributed by atoms with Crippen LogP contribution < -0.4 is 4.90 Å². The molecule has 1 fully saturated rings. The molecule has 1 aromatic rings. The lowest BCUT2D eigenvalue weighted by molar-refractivity contribution is 0.0330. The van der Waals surface area contributed by atoms with Gasteiger partial charge in [0.15, 0.2) is 0 Å². The van der Waals surface area contributed by atoms with E-state index in [4.69, 9.17) is 11.6 Å². The molecule has 0 aliphatic carbocycles. The van der Waals surface area contributed by atoms with Crippen molar-refractivity contribution in [1.29, 1.82) is 0 Å². The van der Waals surface area contributed by atoms with Gasteiger partial charge in [0.2, 0.25) is 0 Å². The Bertz CT molecular complexity index is 423. The third kappa shape index (κ3) is 3.87. The van der Waals surface area contributed by atoms with Gasteiger partial charge in [0, 0.05) is 48.8 Å². The number of aliphatic hydroxyl groups excluding tert-OH is 1. The third-order valence-electron chi connectivity index (χ3n) is 4.33. The molecule has 1 aromatic carbocycles. The van der Waals surface area contributed by atoms with Gasteiger partial charge in [-0.05, 0) is 31.2 Å². The summed E-state index contributed by atoms with van der Waals surface area (Å²) < 4.78 is 0. The van der Waals surface area contributed by atoms with Crippen molar-refractivity contribution in [3.63, 3.8) is 0 Å². The number of rotatable bonds is 4. The predicted octanol–water partition coefficient (Wildman–Crippen LogP) is 2.87. The largest absolute Gasteiger partial charge is 0.393 e. The zero-order valence-electron chi connectivity index (χ0n) is 12.6. The van der Waals surface area contributed by atoms with E-state index < -0.39 is 0 Å². The van der Waals surface area contributed by atoms with Crippen LogP contribution in [0.5, 0.6) is 0 Å². The number of anilines is 1. The number of hydrogen-bond donors (Lipinski definition) is 1. The first-order valence-electron chi connectivity index (χ1n) is 7.29. The van der Waals surface area contributed by atoms with Crippen LogP contribution in [0.25, 0.3) is 0 Å². The predicted molar refractivity (Wildman–Crippen MR) is 85.6 cm³/mol. The molecule has 1 atom stereocenters. The third-order valence-corrected chi connectivity index (χ3v) is 4.58. The highest BCUT2D eigenvalue weighted by Gasteiger charge is 2.28. The maximum absolute atomic E-state index is 9.82. The van der Waals surface area contributed by atoms with E-state index in [1.165, 1.54) is 5.69 Å². The van der Waals surface area contributed by atoms with Crippen molar-refractivity contribution in [1.82, 2.24) is 4.90 Å². The zero-order chi connectivity index (χ0) is 14.8. The fourth-order valence-corrected chi connectivity index (χ4v) is 2.65. The van der Waals surface area contributed by atoms with Crippen molar-refractivity contribution in [2.75, 3.05) is 37.6 Å². The Kier molecular flexibility index (Phi) is 4.95. The van der Waals surface area contributed by atoms with Gasteiger partial charge >= 0.3 is 0 Å². The summed E-state index contributed by atoms with van der Waals surface area (Å²) in [6.45, 7) is 11.2. The summed E-state index contributed by atoms with van der Waals surface area (Å²) in [5.74, 6) is 0. The molecule has 20 heavy (non-hydrogen) atoms. The second-order valence-electron chi connectivity index (χ2n) is 6.40. The van der Waals surface area contributed by atoms with E-state index in [0.717, 1.165) is 37.7 Å². The SMILES string of the molecule is CC(O)C(C)(C)CN1CCN(c2ccc(Cl)cc2)CC1. The summed E-state index contributed by atoms with van der Waals surface area (Å²) in [6.07, 6.45) is -0.281. The van der Waals surface area contributed by atoms with Crippen LogP contribution in [-0.2, 0) is 0 Å². The molecule has 112 valence electrons. The van der Waals surface area contributed by atoms with Crippen LogP contribution in [0.1, 0.15) is 20.8 Å². The van der Waals surface area contributed by atoms with Gasteiger partial charge in [0.1, 0.15) is 0 Å². The Labute approximate surface area is 127 Å². The summed E-state index contributed by atoms with van der Waals surface area (Å²) in [7, 11) is 0. The Hall–Kier alpha value is -0.770. The van der Waals surface area contributed by atoms with E-state index >= 15 is 0 Å². The Balaban J connectivity index is 1.88. The van der Waals surface area contributed by atoms with Crippen LogP contribution in [0.4, 0.5) is 5.69 Å². The number of aliphatic hydroxyl groups is 1. The van der Waals surface area contributed by atoms with Crippen LogP contribution in [0.15, 0.2) is 24.3 Å². The molecule has 3 nitrogen and oxygen atoms in total. The summed E-state index contributed by atoms with van der Waals surface area (Å²) >= 11 is 5.93. The number of halogens is 1. The molecule has 0 amide bonds. The first kappa shape index (κ1) is 15.6. The Morgan fingerprint density at radius 1 is 1.15 bits per heavy atom. The minimum Gasteiger partial charge on any atom is -0.393 e. The van der Waals surface area contributed by atoms with Gasteiger partial charge in [-0.2, -0.15) is 0 Å². The molecular weight excluding hydrogens is 272 g/mol. The molecule has 1 aliphatic heterocycles. The van der Waals surface area contributed by atoms with Gasteiger partial charge in [-0.25, -0.2) is 0 Å². The average Bonchev–Trinajstić information content (AvgIpc) is 2.40. The summed E-state index contributed by atoms with van der Waals surface area (Å²) in [5.41, 5.74) is 1.19. The first-order valence-corrected chi connectivity index (χ1v) is 7.67. The van der Waals surface area contributed by atoms with Crippen molar-refractivity contribution in [2.24, 2.45) is 5.41 Å². The standard InChI is InChI=1S/C16H25ClN2O/c1-13(20)16(2,3)12-18-8-10-19(11-9-18)15-6-4-14(17)5-7-15/h4-7,13,20H,8-12H2,1-3H3. The Morgan fingerprint density at radius 3 is 2.20 bits per heavy atom. The second kappa shape index (κ2) is 6.33. The van der Waals surface area contributed by atoms with Gasteiger partial charge in [0.25, 0.3) is 0 Å². The lowest BCUT2D eigenvalue weighted by Crippen LogP contribution is -2.50. The average molecular weight is 297 g/mol. The van der Waals surface area contributed by atoms with Crippen LogP contribution in [0.3, 0.4) is 0 Å². The molecule has 1 heterocycles. The highest BCUT2D eigenvalue weighted by Crippen LogP contribution is 2.24. The molecule has 0 spiro atoms. The van der Waals surface area contributed by atoms with E-state index in [1.807, 2.05) is 19.1 Å². The smallest absolute Gasteiger partial charge is 0.0575 e. The molecule has 1 saturated heterocycles. The monoisotopic (exact) mass is 296 g/mol. The van der Waals surface area contributed by atoms with Crippen molar-refractivity contribution in [2.45, 2.75) is 26.9 Å². The topological polar surface area (TPSA) is 26.7 Å². The van der Waals surface area contributed by atoms with E-state index in [-0.39, 0.29) is 11.5 Å². The number of benzene rings is 1. The normalized spacial score (nSPS) is 19.1. The molecule has 0 radical (unpaired) electrons. The molecule has 1 aliphatic rings. The first-order chi connectivity index (χ1) is 9.38. The molecule has 4 heteroatoms. The molecule has 2 rings (SSSR count). The van der Waals surface area contributed by atoms with E-state index in [2.05, 4.69) is 35.8 Å². The fraction of sp³-hybridized carbons (Fsp3) is 0.625. The summed E-state index contributed by atoms with van der Waals surface area (Å²) in [4.78, 5) is 4.83. The van der Waals surface area contributed by atoms with E-state index in [1.54, 1.807) is 0 Å². The minimum atomic E-state index is -0.281. The molecular formula is C16H25ClN2O. The quantitative estimate of drug-likeness (QED) is 0.925. The number of hydrogen-bond acceptors (Lipinski definition) is 3. The molecule has 0 bridgehead atoms. The van der Waals surface area contributed by atoms with Gasteiger partial charge in [0.05, 0.1) is 6.10 Å². The molecule has 0 saturated carbocycles. The lowest BCUT2D eigenvalue weighted by atomic mass is 9.86. The minimum absolute atomic E-state index is 0.0531. The number of nitrogens with zero attached hydrogens (tertiary/aromatic N) is 2. The highest BCUT2D eigenvalue weighted by molar-refractivity contribution is 6.30. The summed E-state index contributed by atoms with van der Waals surface area (Å²) in [6, 6.07) is 8.05. The van der Waals surface area contributed by atoms with Crippen molar-refractivity contribution >= 4 is 17.3 Å². The van der Waals surface area contributed by atoms with Crippen molar-refractivity contribution < 1.29 is 5.11 Å². The van der Waals surface area contributed by atoms with Gasteiger partial charge < -0.3 is 10.0 Å².